The highest BCUT2D eigenvalue weighted by Crippen LogP contribution is 2.28. The summed E-state index contributed by atoms with van der Waals surface area (Å²) >= 11 is 0. The van der Waals surface area contributed by atoms with Gasteiger partial charge in [-0.05, 0) is 25.1 Å². The lowest BCUT2D eigenvalue weighted by atomic mass is 10.2. The molecule has 0 fully saturated rings. The summed E-state index contributed by atoms with van der Waals surface area (Å²) in [5, 5.41) is 14.1. The first kappa shape index (κ1) is 14.5. The van der Waals surface area contributed by atoms with Crippen LogP contribution in [0.3, 0.4) is 0 Å². The lowest BCUT2D eigenvalue weighted by Crippen LogP contribution is -2.03. The fraction of sp³-hybridized carbons (Fsp3) is 0.0667. The van der Waals surface area contributed by atoms with Crippen LogP contribution in [0.1, 0.15) is 5.56 Å². The fourth-order valence-corrected chi connectivity index (χ4v) is 2.06. The van der Waals surface area contributed by atoms with E-state index in [-0.39, 0.29) is 11.5 Å². The maximum atomic E-state index is 11.2. The summed E-state index contributed by atoms with van der Waals surface area (Å²) in [4.78, 5) is 27.4. The Morgan fingerprint density at radius 3 is 2.70 bits per heavy atom. The molecule has 0 aliphatic carbocycles. The quantitative estimate of drug-likeness (QED) is 0.583. The van der Waals surface area contributed by atoms with Crippen molar-refractivity contribution in [2.75, 3.05) is 5.32 Å². The summed E-state index contributed by atoms with van der Waals surface area (Å²) in [6, 6.07) is 7.04. The van der Waals surface area contributed by atoms with E-state index in [1.165, 1.54) is 12.4 Å². The average Bonchev–Trinajstić information content (AvgIpc) is 2.56. The van der Waals surface area contributed by atoms with Gasteiger partial charge in [-0.25, -0.2) is 9.97 Å². The Morgan fingerprint density at radius 2 is 1.96 bits per heavy atom. The minimum Gasteiger partial charge on any atom is -0.318 e. The predicted octanol–water partition coefficient (Wildman–Crippen LogP) is 2.89. The van der Waals surface area contributed by atoms with Crippen molar-refractivity contribution in [2.24, 2.45) is 0 Å². The minimum absolute atomic E-state index is 0.0856. The van der Waals surface area contributed by atoms with Crippen LogP contribution in [0.2, 0.25) is 0 Å². The van der Waals surface area contributed by atoms with Gasteiger partial charge in [0.25, 0.3) is 0 Å². The molecule has 23 heavy (non-hydrogen) atoms. The maximum Gasteiger partial charge on any atom is 0.314 e. The smallest absolute Gasteiger partial charge is 0.314 e. The zero-order valence-electron chi connectivity index (χ0n) is 12.2. The molecule has 3 rings (SSSR count). The molecule has 0 saturated heterocycles. The van der Waals surface area contributed by atoms with Crippen molar-refractivity contribution in [1.82, 2.24) is 19.9 Å². The molecule has 114 valence electrons. The van der Waals surface area contributed by atoms with Crippen LogP contribution in [0.15, 0.2) is 49.1 Å². The molecule has 3 aromatic heterocycles. The van der Waals surface area contributed by atoms with Crippen molar-refractivity contribution in [3.8, 4) is 11.4 Å². The number of hydrogen-bond acceptors (Lipinski definition) is 7. The maximum absolute atomic E-state index is 11.2. The van der Waals surface area contributed by atoms with Gasteiger partial charge in [-0.15, -0.1) is 0 Å². The van der Waals surface area contributed by atoms with Gasteiger partial charge in [0.2, 0.25) is 5.82 Å². The van der Waals surface area contributed by atoms with Crippen LogP contribution in [-0.2, 0) is 0 Å². The number of hydrogen-bond donors (Lipinski definition) is 1. The van der Waals surface area contributed by atoms with Gasteiger partial charge in [0.15, 0.2) is 5.82 Å². The SMILES string of the molecule is Cc1ccnc(Nc2cncc(-c3ccccn3)n2)c1[N+](=O)[O-]. The molecule has 0 bridgehead atoms. The van der Waals surface area contributed by atoms with Gasteiger partial charge in [-0.1, -0.05) is 6.07 Å². The molecule has 8 nitrogen and oxygen atoms in total. The molecule has 0 amide bonds. The summed E-state index contributed by atoms with van der Waals surface area (Å²) in [6.07, 6.45) is 6.20. The number of aryl methyl sites for hydroxylation is 1. The highest BCUT2D eigenvalue weighted by atomic mass is 16.6. The largest absolute Gasteiger partial charge is 0.318 e. The summed E-state index contributed by atoms with van der Waals surface area (Å²) in [5.74, 6) is 0.483. The second-order valence-corrected chi connectivity index (χ2v) is 4.71. The number of aromatic nitrogens is 4. The predicted molar refractivity (Wildman–Crippen MR) is 84.2 cm³/mol. The van der Waals surface area contributed by atoms with E-state index in [1.54, 1.807) is 37.5 Å². The first-order chi connectivity index (χ1) is 11.1. The van der Waals surface area contributed by atoms with Gasteiger partial charge in [0, 0.05) is 18.0 Å². The van der Waals surface area contributed by atoms with Crippen molar-refractivity contribution in [2.45, 2.75) is 6.92 Å². The van der Waals surface area contributed by atoms with E-state index >= 15 is 0 Å². The molecular weight excluding hydrogens is 296 g/mol. The summed E-state index contributed by atoms with van der Waals surface area (Å²) < 4.78 is 0. The van der Waals surface area contributed by atoms with Crippen LogP contribution in [-0.4, -0.2) is 24.9 Å². The van der Waals surface area contributed by atoms with Gasteiger partial charge in [0.05, 0.1) is 23.0 Å². The molecule has 3 aromatic rings. The molecule has 0 aliphatic heterocycles. The normalized spacial score (nSPS) is 10.3. The van der Waals surface area contributed by atoms with Crippen LogP contribution < -0.4 is 5.32 Å². The van der Waals surface area contributed by atoms with E-state index in [0.29, 0.717) is 22.8 Å². The third-order valence-electron chi connectivity index (χ3n) is 3.12. The van der Waals surface area contributed by atoms with Crippen molar-refractivity contribution in [3.63, 3.8) is 0 Å². The molecule has 3 heterocycles. The third kappa shape index (κ3) is 3.10. The number of rotatable bonds is 4. The third-order valence-corrected chi connectivity index (χ3v) is 3.12. The van der Waals surface area contributed by atoms with E-state index < -0.39 is 4.92 Å². The van der Waals surface area contributed by atoms with Crippen LogP contribution in [0.4, 0.5) is 17.3 Å². The van der Waals surface area contributed by atoms with Gasteiger partial charge >= 0.3 is 5.69 Å². The van der Waals surface area contributed by atoms with Gasteiger partial charge < -0.3 is 5.32 Å². The Bertz CT molecular complexity index is 854. The molecule has 0 spiro atoms. The summed E-state index contributed by atoms with van der Waals surface area (Å²) in [7, 11) is 0. The van der Waals surface area contributed by atoms with Gasteiger partial charge in [-0.3, -0.25) is 20.1 Å². The molecular formula is C15H12N6O2. The Balaban J connectivity index is 1.96. The Hall–Kier alpha value is -3.42. The van der Waals surface area contributed by atoms with Crippen molar-refractivity contribution < 1.29 is 4.92 Å². The van der Waals surface area contributed by atoms with Crippen LogP contribution >= 0.6 is 0 Å². The standard InChI is InChI=1S/C15H12N6O2/c1-10-5-7-18-15(14(10)21(22)23)20-13-9-16-8-12(19-13)11-4-2-3-6-17-11/h2-9H,1H3,(H,18,19,20). The number of anilines is 2. The zero-order valence-corrected chi connectivity index (χ0v) is 12.2. The van der Waals surface area contributed by atoms with E-state index in [0.717, 1.165) is 0 Å². The van der Waals surface area contributed by atoms with Crippen LogP contribution in [0.5, 0.6) is 0 Å². The molecule has 0 unspecified atom stereocenters. The number of nitrogens with zero attached hydrogens (tertiary/aromatic N) is 5. The summed E-state index contributed by atoms with van der Waals surface area (Å²) in [6.45, 7) is 1.65. The van der Waals surface area contributed by atoms with E-state index in [2.05, 4.69) is 25.3 Å². The Morgan fingerprint density at radius 1 is 1.09 bits per heavy atom. The van der Waals surface area contributed by atoms with Crippen LogP contribution in [0, 0.1) is 17.0 Å². The number of nitrogens with one attached hydrogen (secondary N) is 1. The average molecular weight is 308 g/mol. The van der Waals surface area contributed by atoms with E-state index in [9.17, 15) is 10.1 Å². The van der Waals surface area contributed by atoms with E-state index in [1.807, 2.05) is 6.07 Å². The molecule has 0 saturated carbocycles. The Labute approximate surface area is 131 Å². The highest BCUT2D eigenvalue weighted by Gasteiger charge is 2.19. The zero-order chi connectivity index (χ0) is 16.2. The molecule has 0 radical (unpaired) electrons. The highest BCUT2D eigenvalue weighted by molar-refractivity contribution is 5.66. The monoisotopic (exact) mass is 308 g/mol. The lowest BCUT2D eigenvalue weighted by Gasteiger charge is -2.07. The van der Waals surface area contributed by atoms with E-state index in [4.69, 9.17) is 0 Å². The topological polar surface area (TPSA) is 107 Å². The lowest BCUT2D eigenvalue weighted by molar-refractivity contribution is -0.384. The number of nitro groups is 1. The second-order valence-electron chi connectivity index (χ2n) is 4.71. The fourth-order valence-electron chi connectivity index (χ4n) is 2.06. The Kier molecular flexibility index (Phi) is 3.88. The first-order valence-electron chi connectivity index (χ1n) is 6.75. The molecule has 0 aliphatic rings. The van der Waals surface area contributed by atoms with Gasteiger partial charge in [0.1, 0.15) is 5.69 Å². The van der Waals surface area contributed by atoms with Crippen molar-refractivity contribution in [3.05, 3.63) is 64.7 Å². The van der Waals surface area contributed by atoms with Crippen molar-refractivity contribution in [1.29, 1.82) is 0 Å². The van der Waals surface area contributed by atoms with Crippen LogP contribution in [0.25, 0.3) is 11.4 Å². The summed E-state index contributed by atoms with van der Waals surface area (Å²) in [5.41, 5.74) is 1.65. The van der Waals surface area contributed by atoms with Gasteiger partial charge in [-0.2, -0.15) is 0 Å². The molecule has 1 N–H and O–H groups in total. The number of pyridine rings is 2. The molecule has 0 aromatic carbocycles. The molecule has 8 heteroatoms. The molecule has 0 atom stereocenters. The minimum atomic E-state index is -0.472. The van der Waals surface area contributed by atoms with Crippen molar-refractivity contribution >= 4 is 17.3 Å². The second kappa shape index (κ2) is 6.14. The first-order valence-corrected chi connectivity index (χ1v) is 6.75.